The Morgan fingerprint density at radius 3 is 2.58 bits per heavy atom. The molecule has 3 rings (SSSR count). The number of nitrogens with one attached hydrogen (secondary N) is 1. The number of benzene rings is 2. The molecule has 0 bridgehead atoms. The van der Waals surface area contributed by atoms with E-state index in [4.69, 9.17) is 0 Å². The van der Waals surface area contributed by atoms with Crippen LogP contribution in [0.4, 0.5) is 15.8 Å². The van der Waals surface area contributed by atoms with Gasteiger partial charge in [0.05, 0.1) is 5.52 Å². The molecule has 0 aliphatic heterocycles. The smallest absolute Gasteiger partial charge is 0.123 e. The van der Waals surface area contributed by atoms with Crippen LogP contribution in [0.25, 0.3) is 10.9 Å². The number of nitrogens with zero attached hydrogens (tertiary/aromatic N) is 1. The highest BCUT2D eigenvalue weighted by molar-refractivity contribution is 5.94. The van der Waals surface area contributed by atoms with Gasteiger partial charge in [-0.05, 0) is 42.8 Å². The van der Waals surface area contributed by atoms with E-state index in [0.717, 1.165) is 27.8 Å². The summed E-state index contributed by atoms with van der Waals surface area (Å²) in [5, 5.41) is 4.36. The third-order valence-electron chi connectivity index (χ3n) is 3.10. The number of fused-ring (bicyclic) bond motifs is 1. The first-order valence-electron chi connectivity index (χ1n) is 6.11. The largest absolute Gasteiger partial charge is 0.355 e. The van der Waals surface area contributed by atoms with Gasteiger partial charge in [0.15, 0.2) is 0 Å². The van der Waals surface area contributed by atoms with Crippen LogP contribution in [-0.2, 0) is 0 Å². The van der Waals surface area contributed by atoms with Crippen LogP contribution in [-0.4, -0.2) is 4.98 Å². The zero-order chi connectivity index (χ0) is 13.2. The molecule has 0 radical (unpaired) electrons. The van der Waals surface area contributed by atoms with Crippen molar-refractivity contribution in [3.8, 4) is 0 Å². The molecule has 0 spiro atoms. The average Bonchev–Trinajstić information content (AvgIpc) is 2.43. The summed E-state index contributed by atoms with van der Waals surface area (Å²) in [6, 6.07) is 14.3. The molecule has 2 nitrogen and oxygen atoms in total. The molecular formula is C16H13FN2. The van der Waals surface area contributed by atoms with Crippen molar-refractivity contribution in [3.63, 3.8) is 0 Å². The van der Waals surface area contributed by atoms with Crippen LogP contribution in [0.1, 0.15) is 5.56 Å². The predicted molar refractivity (Wildman–Crippen MR) is 76.2 cm³/mol. The molecule has 0 saturated heterocycles. The summed E-state index contributed by atoms with van der Waals surface area (Å²) in [6.07, 6.45) is 1.78. The molecule has 1 N–H and O–H groups in total. The Morgan fingerprint density at radius 2 is 1.79 bits per heavy atom. The minimum atomic E-state index is -0.235. The summed E-state index contributed by atoms with van der Waals surface area (Å²) < 4.78 is 12.9. The van der Waals surface area contributed by atoms with Gasteiger partial charge in [-0.2, -0.15) is 0 Å². The van der Waals surface area contributed by atoms with Gasteiger partial charge < -0.3 is 5.32 Å². The lowest BCUT2D eigenvalue weighted by Crippen LogP contribution is -1.93. The molecule has 0 amide bonds. The SMILES string of the molecule is Cc1cccc2c(Nc3ccc(F)cc3)ccnc12. The molecule has 0 aliphatic rings. The van der Waals surface area contributed by atoms with E-state index < -0.39 is 0 Å². The fourth-order valence-electron chi connectivity index (χ4n) is 2.12. The van der Waals surface area contributed by atoms with Gasteiger partial charge in [0.1, 0.15) is 5.82 Å². The summed E-state index contributed by atoms with van der Waals surface area (Å²) in [6.45, 7) is 2.04. The van der Waals surface area contributed by atoms with Crippen LogP contribution < -0.4 is 5.32 Å². The molecule has 1 aromatic heterocycles. The summed E-state index contributed by atoms with van der Waals surface area (Å²) >= 11 is 0. The fourth-order valence-corrected chi connectivity index (χ4v) is 2.12. The first-order valence-corrected chi connectivity index (χ1v) is 6.11. The van der Waals surface area contributed by atoms with Crippen molar-refractivity contribution in [2.24, 2.45) is 0 Å². The van der Waals surface area contributed by atoms with E-state index >= 15 is 0 Å². The van der Waals surface area contributed by atoms with E-state index in [-0.39, 0.29) is 5.82 Å². The highest BCUT2D eigenvalue weighted by Gasteiger charge is 2.04. The number of aromatic nitrogens is 1. The average molecular weight is 252 g/mol. The highest BCUT2D eigenvalue weighted by atomic mass is 19.1. The van der Waals surface area contributed by atoms with Gasteiger partial charge in [-0.1, -0.05) is 18.2 Å². The maximum atomic E-state index is 12.9. The van der Waals surface area contributed by atoms with Gasteiger partial charge in [-0.25, -0.2) is 4.39 Å². The number of hydrogen-bond donors (Lipinski definition) is 1. The second kappa shape index (κ2) is 4.69. The fraction of sp³-hybridized carbons (Fsp3) is 0.0625. The van der Waals surface area contributed by atoms with E-state index in [1.165, 1.54) is 12.1 Å². The normalized spacial score (nSPS) is 10.6. The highest BCUT2D eigenvalue weighted by Crippen LogP contribution is 2.26. The van der Waals surface area contributed by atoms with Gasteiger partial charge >= 0.3 is 0 Å². The second-order valence-corrected chi connectivity index (χ2v) is 4.46. The first kappa shape index (κ1) is 11.7. The van der Waals surface area contributed by atoms with E-state index in [1.807, 2.05) is 31.2 Å². The van der Waals surface area contributed by atoms with E-state index in [1.54, 1.807) is 18.3 Å². The Balaban J connectivity index is 2.06. The standard InChI is InChI=1S/C16H13FN2/c1-11-3-2-4-14-15(9-10-18-16(11)14)19-13-7-5-12(17)6-8-13/h2-10H,1H3,(H,18,19). The van der Waals surface area contributed by atoms with Crippen LogP contribution in [0.5, 0.6) is 0 Å². The van der Waals surface area contributed by atoms with Gasteiger partial charge in [0.2, 0.25) is 0 Å². The minimum Gasteiger partial charge on any atom is -0.355 e. The van der Waals surface area contributed by atoms with Gasteiger partial charge in [0.25, 0.3) is 0 Å². The van der Waals surface area contributed by atoms with Gasteiger partial charge in [-0.15, -0.1) is 0 Å². The number of halogens is 1. The predicted octanol–water partition coefficient (Wildman–Crippen LogP) is 4.43. The van der Waals surface area contributed by atoms with Crippen LogP contribution in [0.3, 0.4) is 0 Å². The lowest BCUT2D eigenvalue weighted by Gasteiger charge is -2.10. The molecular weight excluding hydrogens is 239 g/mol. The van der Waals surface area contributed by atoms with Crippen LogP contribution in [0.15, 0.2) is 54.7 Å². The number of anilines is 2. The Labute approximate surface area is 110 Å². The lowest BCUT2D eigenvalue weighted by molar-refractivity contribution is 0.628. The number of rotatable bonds is 2. The Bertz CT molecular complexity index is 720. The summed E-state index contributed by atoms with van der Waals surface area (Å²) in [4.78, 5) is 4.40. The first-order chi connectivity index (χ1) is 9.24. The van der Waals surface area contributed by atoms with Crippen molar-refractivity contribution < 1.29 is 4.39 Å². The van der Waals surface area contributed by atoms with Gasteiger partial charge in [0, 0.05) is 23.0 Å². The lowest BCUT2D eigenvalue weighted by atomic mass is 10.1. The Kier molecular flexibility index (Phi) is 2.88. The van der Waals surface area contributed by atoms with Gasteiger partial charge in [-0.3, -0.25) is 4.98 Å². The molecule has 0 unspecified atom stereocenters. The molecule has 0 fully saturated rings. The monoisotopic (exact) mass is 252 g/mol. The van der Waals surface area contributed by atoms with E-state index in [0.29, 0.717) is 0 Å². The maximum absolute atomic E-state index is 12.9. The molecule has 0 saturated carbocycles. The van der Waals surface area contributed by atoms with Crippen molar-refractivity contribution in [3.05, 3.63) is 66.1 Å². The van der Waals surface area contributed by atoms with Crippen molar-refractivity contribution >= 4 is 22.3 Å². The molecule has 1 heterocycles. The van der Waals surface area contributed by atoms with Crippen LogP contribution >= 0.6 is 0 Å². The molecule has 94 valence electrons. The van der Waals surface area contributed by atoms with E-state index in [9.17, 15) is 4.39 Å². The number of pyridine rings is 1. The number of hydrogen-bond acceptors (Lipinski definition) is 2. The van der Waals surface area contributed by atoms with Crippen LogP contribution in [0.2, 0.25) is 0 Å². The zero-order valence-corrected chi connectivity index (χ0v) is 10.5. The topological polar surface area (TPSA) is 24.9 Å². The van der Waals surface area contributed by atoms with Crippen molar-refractivity contribution in [1.29, 1.82) is 0 Å². The molecule has 0 atom stereocenters. The molecule has 19 heavy (non-hydrogen) atoms. The summed E-state index contributed by atoms with van der Waals surface area (Å²) in [5.41, 5.74) is 3.95. The number of para-hydroxylation sites is 1. The third kappa shape index (κ3) is 2.27. The Hall–Kier alpha value is -2.42. The summed E-state index contributed by atoms with van der Waals surface area (Å²) in [7, 11) is 0. The number of aryl methyl sites for hydroxylation is 1. The molecule has 3 heteroatoms. The molecule has 2 aromatic carbocycles. The third-order valence-corrected chi connectivity index (χ3v) is 3.10. The minimum absolute atomic E-state index is 0.235. The van der Waals surface area contributed by atoms with Crippen molar-refractivity contribution in [1.82, 2.24) is 4.98 Å². The molecule has 3 aromatic rings. The van der Waals surface area contributed by atoms with Crippen LogP contribution in [0, 0.1) is 12.7 Å². The Morgan fingerprint density at radius 1 is 1.00 bits per heavy atom. The second-order valence-electron chi connectivity index (χ2n) is 4.46. The van der Waals surface area contributed by atoms with Crippen molar-refractivity contribution in [2.45, 2.75) is 6.92 Å². The maximum Gasteiger partial charge on any atom is 0.123 e. The summed E-state index contributed by atoms with van der Waals surface area (Å²) in [5.74, 6) is -0.235. The quantitative estimate of drug-likeness (QED) is 0.730. The van der Waals surface area contributed by atoms with Crippen molar-refractivity contribution in [2.75, 3.05) is 5.32 Å². The molecule has 0 aliphatic carbocycles. The van der Waals surface area contributed by atoms with E-state index in [2.05, 4.69) is 10.3 Å². The zero-order valence-electron chi connectivity index (χ0n) is 10.5.